The second-order valence-corrected chi connectivity index (χ2v) is 18.7. The maximum absolute atomic E-state index is 5.68. The molecule has 5 heteroatoms. The minimum Gasteiger partial charge on any atom is -0.330 e. The monoisotopic (exact) mass is 905 g/mol. The van der Waals surface area contributed by atoms with E-state index in [-0.39, 0.29) is 6.04 Å². The van der Waals surface area contributed by atoms with Gasteiger partial charge in [0.05, 0.1) is 50.5 Å². The molecule has 71 heavy (non-hydrogen) atoms. The molecule has 0 amide bonds. The average molecular weight is 906 g/mol. The van der Waals surface area contributed by atoms with Crippen LogP contribution in [0.1, 0.15) is 5.56 Å². The van der Waals surface area contributed by atoms with Crippen molar-refractivity contribution < 1.29 is 0 Å². The van der Waals surface area contributed by atoms with Gasteiger partial charge in [-0.3, -0.25) is 0 Å². The summed E-state index contributed by atoms with van der Waals surface area (Å²) in [5.74, 6) is 0. The number of allylic oxidation sites excluding steroid dienone is 4. The van der Waals surface area contributed by atoms with Crippen LogP contribution in [0.25, 0.3) is 111 Å². The van der Waals surface area contributed by atoms with Crippen LogP contribution in [0.5, 0.6) is 0 Å². The first kappa shape index (κ1) is 39.5. The molecule has 0 fully saturated rings. The molecular weight excluding hydrogens is 863 g/mol. The molecule has 2 bridgehead atoms. The van der Waals surface area contributed by atoms with Crippen LogP contribution in [-0.2, 0) is 0 Å². The van der Waals surface area contributed by atoms with E-state index in [0.717, 1.165) is 78.4 Å². The van der Waals surface area contributed by atoms with Crippen LogP contribution in [-0.4, -0.2) is 24.7 Å². The second-order valence-electron chi connectivity index (χ2n) is 18.7. The lowest BCUT2D eigenvalue weighted by molar-refractivity contribution is 0.931. The molecule has 0 saturated heterocycles. The second kappa shape index (κ2) is 15.5. The lowest BCUT2D eigenvalue weighted by Crippen LogP contribution is -2.31. The van der Waals surface area contributed by atoms with E-state index in [2.05, 4.69) is 273 Å². The van der Waals surface area contributed by atoms with Crippen molar-refractivity contribution in [3.05, 3.63) is 260 Å². The van der Waals surface area contributed by atoms with Crippen molar-refractivity contribution in [3.63, 3.8) is 0 Å². The van der Waals surface area contributed by atoms with E-state index < -0.39 is 0 Å². The smallest absolute Gasteiger partial charge is 0.0718 e. The number of pyridine rings is 1. The molecular formula is C66H43N5. The Hall–Kier alpha value is -9.45. The molecule has 9 aromatic carbocycles. The minimum atomic E-state index is 0.0123. The van der Waals surface area contributed by atoms with Gasteiger partial charge in [0.15, 0.2) is 0 Å². The number of hydrogen-bond donors (Lipinski definition) is 0. The van der Waals surface area contributed by atoms with E-state index in [1.165, 1.54) is 49.1 Å². The molecule has 2 aliphatic rings. The Balaban J connectivity index is 0.975. The molecule has 15 rings (SSSR count). The van der Waals surface area contributed by atoms with Crippen LogP contribution in [0.4, 0.5) is 11.4 Å². The number of fused-ring (bicyclic) bond motifs is 12. The highest BCUT2D eigenvalue weighted by Gasteiger charge is 2.28. The predicted octanol–water partition coefficient (Wildman–Crippen LogP) is 16.7. The highest BCUT2D eigenvalue weighted by atomic mass is 15.2. The van der Waals surface area contributed by atoms with E-state index in [1.54, 1.807) is 0 Å². The van der Waals surface area contributed by atoms with Crippen LogP contribution in [0.2, 0.25) is 0 Å². The van der Waals surface area contributed by atoms with Gasteiger partial charge in [0.25, 0.3) is 0 Å². The Morgan fingerprint density at radius 2 is 0.718 bits per heavy atom. The first-order valence-corrected chi connectivity index (χ1v) is 24.4. The normalized spacial score (nSPS) is 14.3. The quantitative estimate of drug-likeness (QED) is 0.166. The topological polar surface area (TPSA) is 30.9 Å². The summed E-state index contributed by atoms with van der Waals surface area (Å²) in [5.41, 5.74) is 18.8. The van der Waals surface area contributed by atoms with Gasteiger partial charge in [0.2, 0.25) is 0 Å². The molecule has 332 valence electrons. The van der Waals surface area contributed by atoms with Crippen LogP contribution in [0, 0.1) is 0 Å². The zero-order valence-corrected chi connectivity index (χ0v) is 38.6. The molecule has 1 aliphatic carbocycles. The van der Waals surface area contributed by atoms with Crippen LogP contribution >= 0.6 is 0 Å². The SMILES string of the molecule is C1=CC2=CC(C=C1)N(c1cc(-c3cccc(-c4cc(-n5c6ccccc6c6ccccc65)cc(-n5c6ccccc6c6ccccc65)c4)n3)cc(-n3c4ccccc4c4ccccc43)c1)c1ccccc12. The van der Waals surface area contributed by atoms with E-state index in [0.29, 0.717) is 0 Å². The van der Waals surface area contributed by atoms with E-state index in [4.69, 9.17) is 4.98 Å². The first-order valence-electron chi connectivity index (χ1n) is 24.4. The van der Waals surface area contributed by atoms with Crippen LogP contribution in [0.3, 0.4) is 0 Å². The first-order chi connectivity index (χ1) is 35.2. The summed E-state index contributed by atoms with van der Waals surface area (Å²) >= 11 is 0. The maximum Gasteiger partial charge on any atom is 0.0718 e. The zero-order chi connectivity index (χ0) is 46.6. The lowest BCUT2D eigenvalue weighted by atomic mass is 9.94. The Bertz CT molecular complexity index is 4150. The van der Waals surface area contributed by atoms with Crippen LogP contribution < -0.4 is 4.90 Å². The number of aromatic nitrogens is 4. The molecule has 0 spiro atoms. The van der Waals surface area contributed by atoms with Crippen LogP contribution in [0.15, 0.2) is 255 Å². The third kappa shape index (κ3) is 6.09. The predicted molar refractivity (Wildman–Crippen MR) is 297 cm³/mol. The molecule has 0 saturated carbocycles. The van der Waals surface area contributed by atoms with Gasteiger partial charge in [-0.25, -0.2) is 4.98 Å². The molecule has 0 N–H and O–H groups in total. The van der Waals surface area contributed by atoms with Crippen molar-refractivity contribution in [1.82, 2.24) is 18.7 Å². The Morgan fingerprint density at radius 1 is 0.338 bits per heavy atom. The third-order valence-corrected chi connectivity index (χ3v) is 14.8. The van der Waals surface area contributed by atoms with Gasteiger partial charge in [-0.05, 0) is 103 Å². The molecule has 5 heterocycles. The van der Waals surface area contributed by atoms with Gasteiger partial charge in [-0.2, -0.15) is 0 Å². The molecule has 1 aliphatic heterocycles. The summed E-state index contributed by atoms with van der Waals surface area (Å²) in [6, 6.07) is 81.9. The van der Waals surface area contributed by atoms with Gasteiger partial charge in [-0.1, -0.05) is 158 Å². The Morgan fingerprint density at radius 3 is 1.17 bits per heavy atom. The van der Waals surface area contributed by atoms with Gasteiger partial charge >= 0.3 is 0 Å². The van der Waals surface area contributed by atoms with E-state index in [1.807, 2.05) is 0 Å². The number of benzene rings is 9. The highest BCUT2D eigenvalue weighted by Crippen LogP contribution is 2.44. The number of nitrogens with zero attached hydrogens (tertiary/aromatic N) is 5. The van der Waals surface area contributed by atoms with Crippen molar-refractivity contribution in [1.29, 1.82) is 0 Å². The summed E-state index contributed by atoms with van der Waals surface area (Å²) in [6.07, 6.45) is 11.2. The number of para-hydroxylation sites is 7. The largest absolute Gasteiger partial charge is 0.330 e. The van der Waals surface area contributed by atoms with Gasteiger partial charge in [0, 0.05) is 77.4 Å². The van der Waals surface area contributed by atoms with Crippen molar-refractivity contribution in [2.24, 2.45) is 0 Å². The summed E-state index contributed by atoms with van der Waals surface area (Å²) in [6.45, 7) is 0. The van der Waals surface area contributed by atoms with Crippen molar-refractivity contribution >= 4 is 82.4 Å². The molecule has 5 nitrogen and oxygen atoms in total. The number of rotatable bonds is 6. The summed E-state index contributed by atoms with van der Waals surface area (Å²) in [7, 11) is 0. The van der Waals surface area contributed by atoms with Gasteiger partial charge < -0.3 is 18.6 Å². The number of anilines is 2. The summed E-state index contributed by atoms with van der Waals surface area (Å²) in [4.78, 5) is 8.17. The lowest BCUT2D eigenvalue weighted by Gasteiger charge is -2.36. The van der Waals surface area contributed by atoms with Crippen molar-refractivity contribution in [2.45, 2.75) is 6.04 Å². The van der Waals surface area contributed by atoms with Gasteiger partial charge in [-0.15, -0.1) is 0 Å². The molecule has 0 radical (unpaired) electrons. The average Bonchev–Trinajstić information content (AvgIpc) is 4.02. The minimum absolute atomic E-state index is 0.0123. The highest BCUT2D eigenvalue weighted by molar-refractivity contribution is 6.12. The fourth-order valence-electron chi connectivity index (χ4n) is 11.7. The fraction of sp³-hybridized carbons (Fsp3) is 0.0152. The molecule has 4 aromatic heterocycles. The van der Waals surface area contributed by atoms with Crippen molar-refractivity contribution in [3.8, 4) is 39.6 Å². The maximum atomic E-state index is 5.68. The Labute approximate surface area is 410 Å². The standard InChI is InChI=1S/C66H43N5/c1-2-19-46-36-43(18-1)51-20-3-10-29-60(51)68(46)47-37-44(38-48(41-47)69-61-30-11-4-21-52(61)53-22-5-12-31-62(53)69)58-27-17-28-59(67-58)45-39-49(70-63-32-13-6-23-54(63)55-24-7-14-33-64(55)70)42-50(40-45)71-65-34-15-8-25-56(65)57-26-9-16-35-66(57)71/h1-42,46H. The molecule has 1 unspecified atom stereocenters. The fourth-order valence-corrected chi connectivity index (χ4v) is 11.7. The van der Waals surface area contributed by atoms with E-state index >= 15 is 0 Å². The molecule has 13 aromatic rings. The zero-order valence-electron chi connectivity index (χ0n) is 38.6. The molecule has 1 atom stereocenters. The third-order valence-electron chi connectivity index (χ3n) is 14.8. The number of hydrogen-bond acceptors (Lipinski definition) is 2. The summed E-state index contributed by atoms with van der Waals surface area (Å²) in [5, 5.41) is 7.36. The summed E-state index contributed by atoms with van der Waals surface area (Å²) < 4.78 is 7.27. The Kier molecular flexibility index (Phi) is 8.65. The van der Waals surface area contributed by atoms with Gasteiger partial charge in [0.1, 0.15) is 0 Å². The van der Waals surface area contributed by atoms with E-state index in [9.17, 15) is 0 Å². The van der Waals surface area contributed by atoms with Crippen molar-refractivity contribution in [2.75, 3.05) is 4.90 Å².